The monoisotopic (exact) mass is 412 g/mol. The van der Waals surface area contributed by atoms with Crippen LogP contribution in [0.4, 0.5) is 5.69 Å². The minimum atomic E-state index is -0.515. The molecule has 2 saturated heterocycles. The number of ether oxygens (including phenoxy) is 2. The highest BCUT2D eigenvalue weighted by atomic mass is 16.5. The average molecular weight is 412 g/mol. The first-order valence-electron chi connectivity index (χ1n) is 10.7. The molecule has 160 valence electrons. The molecule has 1 aliphatic carbocycles. The van der Waals surface area contributed by atoms with Crippen LogP contribution in [0.5, 0.6) is 5.75 Å². The van der Waals surface area contributed by atoms with Crippen LogP contribution in [0.3, 0.4) is 0 Å². The third kappa shape index (κ3) is 2.23. The fourth-order valence-electron chi connectivity index (χ4n) is 7.24. The lowest BCUT2D eigenvalue weighted by molar-refractivity contribution is -0.151. The first-order chi connectivity index (χ1) is 14.4. The minimum Gasteiger partial charge on any atom is -0.495 e. The summed E-state index contributed by atoms with van der Waals surface area (Å²) in [6.45, 7) is 2.29. The van der Waals surface area contributed by atoms with E-state index in [1.165, 1.54) is 7.11 Å². The highest BCUT2D eigenvalue weighted by molar-refractivity contribution is 5.99. The van der Waals surface area contributed by atoms with Crippen LogP contribution in [-0.2, 0) is 24.5 Å². The zero-order valence-electron chi connectivity index (χ0n) is 17.8. The molecule has 4 aliphatic rings. The van der Waals surface area contributed by atoms with Gasteiger partial charge in [0, 0.05) is 36.8 Å². The van der Waals surface area contributed by atoms with E-state index in [4.69, 9.17) is 9.47 Å². The summed E-state index contributed by atoms with van der Waals surface area (Å²) in [6.07, 6.45) is 4.02. The smallest absolute Gasteiger partial charge is 0.306 e. The molecule has 3 fully saturated rings. The summed E-state index contributed by atoms with van der Waals surface area (Å²) in [5.74, 6) is 0.522. The first kappa shape index (κ1) is 19.4. The van der Waals surface area contributed by atoms with Crippen molar-refractivity contribution >= 4 is 23.5 Å². The summed E-state index contributed by atoms with van der Waals surface area (Å²) in [5, 5.41) is 0. The zero-order chi connectivity index (χ0) is 21.3. The Morgan fingerprint density at radius 2 is 2.03 bits per heavy atom. The number of methoxy groups -OCH3 is 2. The van der Waals surface area contributed by atoms with Gasteiger partial charge in [-0.15, -0.1) is 0 Å². The SMILES string of the molecule is COC(=O)C[C@]12CCCN3C(=O)C[C@@]4(c5cccc(OC)c5N(C(C)=O)C4CC1)C32. The van der Waals surface area contributed by atoms with Crippen molar-refractivity contribution in [2.45, 2.75) is 62.9 Å². The van der Waals surface area contributed by atoms with Crippen molar-refractivity contribution in [1.29, 1.82) is 0 Å². The number of hydrogen-bond donors (Lipinski definition) is 0. The maximum absolute atomic E-state index is 13.3. The molecule has 0 aromatic heterocycles. The Hall–Kier alpha value is -2.57. The van der Waals surface area contributed by atoms with Crippen molar-refractivity contribution in [2.24, 2.45) is 5.41 Å². The van der Waals surface area contributed by atoms with Crippen LogP contribution in [0.2, 0.25) is 0 Å². The molecule has 7 nitrogen and oxygen atoms in total. The van der Waals surface area contributed by atoms with Gasteiger partial charge in [0.25, 0.3) is 0 Å². The molecule has 2 amide bonds. The van der Waals surface area contributed by atoms with Crippen molar-refractivity contribution in [3.8, 4) is 5.75 Å². The Kier molecular flexibility index (Phi) is 4.18. The predicted octanol–water partition coefficient (Wildman–Crippen LogP) is 2.41. The molecule has 30 heavy (non-hydrogen) atoms. The number of carbonyl (C=O) groups excluding carboxylic acids is 3. The predicted molar refractivity (Wildman–Crippen MR) is 109 cm³/mol. The van der Waals surface area contributed by atoms with E-state index in [2.05, 4.69) is 0 Å². The van der Waals surface area contributed by atoms with E-state index in [9.17, 15) is 14.4 Å². The van der Waals surface area contributed by atoms with Gasteiger partial charge in [-0.1, -0.05) is 12.1 Å². The van der Waals surface area contributed by atoms with E-state index in [-0.39, 0.29) is 35.3 Å². The summed E-state index contributed by atoms with van der Waals surface area (Å²) < 4.78 is 10.7. The molecular formula is C23H28N2O5. The van der Waals surface area contributed by atoms with Gasteiger partial charge >= 0.3 is 5.97 Å². The third-order valence-electron chi connectivity index (χ3n) is 8.06. The second kappa shape index (κ2) is 6.46. The van der Waals surface area contributed by atoms with Crippen molar-refractivity contribution < 1.29 is 23.9 Å². The zero-order valence-corrected chi connectivity index (χ0v) is 17.8. The van der Waals surface area contributed by atoms with Crippen molar-refractivity contribution in [1.82, 2.24) is 4.90 Å². The standard InChI is InChI=1S/C23H28N2O5/c1-14(26)25-17-8-10-22(13-19(28)30-3)9-5-11-24-18(27)12-23(17,21(22)24)15-6-4-7-16(29-2)20(15)25/h4,6-7,17,21H,5,8-13H2,1-3H3/t17?,21?,22-,23-/m0/s1. The van der Waals surface area contributed by atoms with Crippen LogP contribution in [0, 0.1) is 5.41 Å². The van der Waals surface area contributed by atoms with Crippen molar-refractivity contribution in [3.05, 3.63) is 23.8 Å². The Bertz CT molecular complexity index is 946. The van der Waals surface area contributed by atoms with Gasteiger partial charge in [0.05, 0.1) is 32.4 Å². The number of carbonyl (C=O) groups is 3. The number of para-hydroxylation sites is 1. The summed E-state index contributed by atoms with van der Waals surface area (Å²) in [5.41, 5.74) is 0.978. The van der Waals surface area contributed by atoms with E-state index >= 15 is 0 Å². The average Bonchev–Trinajstić information content (AvgIpc) is 3.20. The van der Waals surface area contributed by atoms with Gasteiger partial charge in [-0.25, -0.2) is 0 Å². The largest absolute Gasteiger partial charge is 0.495 e. The van der Waals surface area contributed by atoms with Crippen molar-refractivity contribution in [2.75, 3.05) is 25.7 Å². The number of piperidine rings is 1. The van der Waals surface area contributed by atoms with Gasteiger partial charge < -0.3 is 19.3 Å². The molecule has 2 unspecified atom stereocenters. The summed E-state index contributed by atoms with van der Waals surface area (Å²) in [6, 6.07) is 5.65. The van der Waals surface area contributed by atoms with Gasteiger partial charge in [0.2, 0.25) is 11.8 Å². The first-order valence-corrected chi connectivity index (χ1v) is 10.7. The van der Waals surface area contributed by atoms with Crippen LogP contribution >= 0.6 is 0 Å². The topological polar surface area (TPSA) is 76.2 Å². The van der Waals surface area contributed by atoms with Crippen molar-refractivity contribution in [3.63, 3.8) is 0 Å². The van der Waals surface area contributed by atoms with Crippen LogP contribution in [0.1, 0.15) is 51.0 Å². The highest BCUT2D eigenvalue weighted by Gasteiger charge is 2.71. The van der Waals surface area contributed by atoms with Gasteiger partial charge in [-0.2, -0.15) is 0 Å². The second-order valence-corrected chi connectivity index (χ2v) is 9.23. The number of nitrogens with zero attached hydrogens (tertiary/aromatic N) is 2. The molecule has 3 heterocycles. The number of amides is 2. The molecular weight excluding hydrogens is 384 g/mol. The lowest BCUT2D eigenvalue weighted by Gasteiger charge is -2.57. The highest BCUT2D eigenvalue weighted by Crippen LogP contribution is 2.66. The van der Waals surface area contributed by atoms with Gasteiger partial charge in [-0.3, -0.25) is 14.4 Å². The van der Waals surface area contributed by atoms with Gasteiger partial charge in [0.1, 0.15) is 5.75 Å². The number of hydrogen-bond acceptors (Lipinski definition) is 5. The number of fused-ring (bicyclic) bond motifs is 1. The van der Waals surface area contributed by atoms with Crippen LogP contribution < -0.4 is 9.64 Å². The van der Waals surface area contributed by atoms with E-state index < -0.39 is 5.41 Å². The minimum absolute atomic E-state index is 0.0372. The molecule has 5 rings (SSSR count). The molecule has 0 N–H and O–H groups in total. The summed E-state index contributed by atoms with van der Waals surface area (Å²) in [7, 11) is 3.04. The van der Waals surface area contributed by atoms with E-state index in [0.29, 0.717) is 25.1 Å². The van der Waals surface area contributed by atoms with Crippen LogP contribution in [0.25, 0.3) is 0 Å². The molecule has 1 aromatic rings. The molecule has 3 aliphatic heterocycles. The summed E-state index contributed by atoms with van der Waals surface area (Å²) >= 11 is 0. The van der Waals surface area contributed by atoms with E-state index in [1.807, 2.05) is 28.0 Å². The molecule has 1 aromatic carbocycles. The summed E-state index contributed by atoms with van der Waals surface area (Å²) in [4.78, 5) is 42.5. The molecule has 1 spiro atoms. The molecule has 7 heteroatoms. The Morgan fingerprint density at radius 1 is 1.23 bits per heavy atom. The van der Waals surface area contributed by atoms with E-state index in [1.54, 1.807) is 14.0 Å². The molecule has 4 atom stereocenters. The quantitative estimate of drug-likeness (QED) is 0.713. The fourth-order valence-corrected chi connectivity index (χ4v) is 7.24. The Balaban J connectivity index is 1.75. The second-order valence-electron chi connectivity index (χ2n) is 9.23. The Morgan fingerprint density at radius 3 is 2.73 bits per heavy atom. The molecule has 0 radical (unpaired) electrons. The van der Waals surface area contributed by atoms with Gasteiger partial charge in [-0.05, 0) is 37.3 Å². The lowest BCUT2D eigenvalue weighted by atomic mass is 9.52. The van der Waals surface area contributed by atoms with Gasteiger partial charge in [0.15, 0.2) is 0 Å². The third-order valence-corrected chi connectivity index (χ3v) is 8.06. The van der Waals surface area contributed by atoms with E-state index in [0.717, 1.165) is 36.9 Å². The number of anilines is 1. The fraction of sp³-hybridized carbons (Fsp3) is 0.609. The maximum atomic E-state index is 13.3. The number of rotatable bonds is 3. The molecule has 0 bridgehead atoms. The lowest BCUT2D eigenvalue weighted by Crippen LogP contribution is -2.65. The maximum Gasteiger partial charge on any atom is 0.306 e. The molecule has 1 saturated carbocycles. The number of esters is 1. The van der Waals surface area contributed by atoms with Crippen LogP contribution in [0.15, 0.2) is 18.2 Å². The number of benzene rings is 1. The Labute approximate surface area is 176 Å². The normalized spacial score (nSPS) is 33.6. The van der Waals surface area contributed by atoms with Crippen LogP contribution in [-0.4, -0.2) is 55.5 Å².